The molecule has 0 heterocycles. The summed E-state index contributed by atoms with van der Waals surface area (Å²) in [6.07, 6.45) is 3.41. The number of ketones is 1. The molecule has 2 saturated carbocycles. The molecule has 0 amide bonds. The zero-order valence-corrected chi connectivity index (χ0v) is 11.2. The molecule has 0 saturated heterocycles. The van der Waals surface area contributed by atoms with Crippen molar-refractivity contribution in [2.45, 2.75) is 52.1 Å². The minimum absolute atomic E-state index is 0.117. The van der Waals surface area contributed by atoms with E-state index in [0.717, 1.165) is 19.3 Å². The number of hydrogen-bond donors (Lipinski definition) is 1. The molecule has 0 bridgehead atoms. The average Bonchev–Trinajstić information content (AvgIpc) is 2.43. The minimum atomic E-state index is -0.671. The number of aliphatic hydroxyl groups is 1. The van der Waals surface area contributed by atoms with Crippen LogP contribution < -0.4 is 0 Å². The molecule has 0 aromatic rings. The van der Waals surface area contributed by atoms with Crippen molar-refractivity contribution in [3.63, 3.8) is 0 Å². The van der Waals surface area contributed by atoms with Gasteiger partial charge in [-0.25, -0.2) is 0 Å². The SMILES string of the molecule is C=C(C)C1CCC(C)(O)C2CC(=O)C(C)C2C1. The Morgan fingerprint density at radius 1 is 1.53 bits per heavy atom. The highest BCUT2D eigenvalue weighted by Gasteiger charge is 2.50. The number of hydrogen-bond acceptors (Lipinski definition) is 2. The Bertz CT molecular complexity index is 343. The summed E-state index contributed by atoms with van der Waals surface area (Å²) in [5, 5.41) is 10.6. The zero-order chi connectivity index (χ0) is 12.8. The first-order chi connectivity index (χ1) is 7.83. The van der Waals surface area contributed by atoms with Gasteiger partial charge >= 0.3 is 0 Å². The van der Waals surface area contributed by atoms with Gasteiger partial charge in [-0.15, -0.1) is 0 Å². The molecule has 0 radical (unpaired) electrons. The van der Waals surface area contributed by atoms with Crippen molar-refractivity contribution in [2.24, 2.45) is 23.7 Å². The zero-order valence-electron chi connectivity index (χ0n) is 11.2. The molecule has 0 aromatic carbocycles. The predicted molar refractivity (Wildman–Crippen MR) is 68.5 cm³/mol. The second-order valence-corrected chi connectivity index (χ2v) is 6.40. The van der Waals surface area contributed by atoms with Crippen molar-refractivity contribution < 1.29 is 9.90 Å². The van der Waals surface area contributed by atoms with E-state index in [2.05, 4.69) is 13.5 Å². The molecule has 2 heteroatoms. The third kappa shape index (κ3) is 2.20. The van der Waals surface area contributed by atoms with Gasteiger partial charge in [0.1, 0.15) is 5.78 Å². The molecule has 0 aromatic heterocycles. The maximum Gasteiger partial charge on any atom is 0.136 e. The summed E-state index contributed by atoms with van der Waals surface area (Å²) in [5.41, 5.74) is 0.531. The lowest BCUT2D eigenvalue weighted by molar-refractivity contribution is -0.121. The third-order valence-electron chi connectivity index (χ3n) is 5.14. The van der Waals surface area contributed by atoms with Crippen LogP contribution in [0.1, 0.15) is 46.5 Å². The van der Waals surface area contributed by atoms with Gasteiger partial charge < -0.3 is 5.11 Å². The number of carbonyl (C=O) groups excluding carboxylic acids is 1. The van der Waals surface area contributed by atoms with Crippen LogP contribution in [0.15, 0.2) is 12.2 Å². The standard InChI is InChI=1S/C15H24O2/c1-9(2)11-5-6-15(4,17)13-8-14(16)10(3)12(13)7-11/h10-13,17H,1,5-8H2,2-4H3. The van der Waals surface area contributed by atoms with Crippen LogP contribution in [0.25, 0.3) is 0 Å². The monoisotopic (exact) mass is 236 g/mol. The third-order valence-corrected chi connectivity index (χ3v) is 5.14. The van der Waals surface area contributed by atoms with Crippen molar-refractivity contribution in [1.82, 2.24) is 0 Å². The van der Waals surface area contributed by atoms with E-state index in [0.29, 0.717) is 24.0 Å². The van der Waals surface area contributed by atoms with E-state index >= 15 is 0 Å². The predicted octanol–water partition coefficient (Wildman–Crippen LogP) is 2.95. The number of Topliss-reactive ketones (excluding diaryl/α,β-unsaturated/α-hetero) is 1. The maximum absolute atomic E-state index is 11.9. The van der Waals surface area contributed by atoms with Crippen molar-refractivity contribution >= 4 is 5.78 Å². The van der Waals surface area contributed by atoms with Crippen molar-refractivity contribution in [2.75, 3.05) is 0 Å². The van der Waals surface area contributed by atoms with Crippen LogP contribution in [0.2, 0.25) is 0 Å². The maximum atomic E-state index is 11.9. The van der Waals surface area contributed by atoms with Crippen LogP contribution in [0.3, 0.4) is 0 Å². The molecule has 17 heavy (non-hydrogen) atoms. The Labute approximate surface area is 104 Å². The molecule has 96 valence electrons. The molecule has 2 fully saturated rings. The van der Waals surface area contributed by atoms with Gasteiger partial charge in [-0.2, -0.15) is 0 Å². The lowest BCUT2D eigenvalue weighted by Gasteiger charge is -2.32. The summed E-state index contributed by atoms with van der Waals surface area (Å²) >= 11 is 0. The quantitative estimate of drug-likeness (QED) is 0.711. The molecule has 2 nitrogen and oxygen atoms in total. The number of rotatable bonds is 1. The largest absolute Gasteiger partial charge is 0.390 e. The summed E-state index contributed by atoms with van der Waals surface area (Å²) in [6, 6.07) is 0. The molecule has 5 unspecified atom stereocenters. The molecule has 0 spiro atoms. The summed E-state index contributed by atoms with van der Waals surface area (Å²) in [4.78, 5) is 11.9. The molecule has 5 atom stereocenters. The first-order valence-corrected chi connectivity index (χ1v) is 6.73. The van der Waals surface area contributed by atoms with Crippen molar-refractivity contribution in [3.8, 4) is 0 Å². The molecule has 1 N–H and O–H groups in total. The van der Waals surface area contributed by atoms with E-state index in [4.69, 9.17) is 0 Å². The summed E-state index contributed by atoms with van der Waals surface area (Å²) < 4.78 is 0. The highest BCUT2D eigenvalue weighted by Crippen LogP contribution is 2.49. The van der Waals surface area contributed by atoms with Gasteiger partial charge in [-0.3, -0.25) is 4.79 Å². The lowest BCUT2D eigenvalue weighted by Crippen LogP contribution is -2.36. The molecule has 2 aliphatic carbocycles. The number of allylic oxidation sites excluding steroid dienone is 1. The first-order valence-electron chi connectivity index (χ1n) is 6.73. The molecule has 0 aliphatic heterocycles. The van der Waals surface area contributed by atoms with Crippen LogP contribution >= 0.6 is 0 Å². The van der Waals surface area contributed by atoms with Crippen molar-refractivity contribution in [3.05, 3.63) is 12.2 Å². The van der Waals surface area contributed by atoms with Crippen molar-refractivity contribution in [1.29, 1.82) is 0 Å². The molecular formula is C15H24O2. The lowest BCUT2D eigenvalue weighted by atomic mass is 9.77. The second kappa shape index (κ2) is 4.24. The summed E-state index contributed by atoms with van der Waals surface area (Å²) in [5.74, 6) is 1.44. The van der Waals surface area contributed by atoms with E-state index in [-0.39, 0.29) is 11.8 Å². The van der Waals surface area contributed by atoms with E-state index in [1.165, 1.54) is 5.57 Å². The minimum Gasteiger partial charge on any atom is -0.390 e. The first kappa shape index (κ1) is 12.8. The Morgan fingerprint density at radius 3 is 2.76 bits per heavy atom. The van der Waals surface area contributed by atoms with E-state index < -0.39 is 5.60 Å². The molecular weight excluding hydrogens is 212 g/mol. The fourth-order valence-corrected chi connectivity index (χ4v) is 3.74. The Hall–Kier alpha value is -0.630. The van der Waals surface area contributed by atoms with Crippen LogP contribution in [-0.2, 0) is 4.79 Å². The molecule has 2 aliphatic rings. The second-order valence-electron chi connectivity index (χ2n) is 6.40. The smallest absolute Gasteiger partial charge is 0.136 e. The van der Waals surface area contributed by atoms with Crippen LogP contribution in [-0.4, -0.2) is 16.5 Å². The number of fused-ring (bicyclic) bond motifs is 1. The van der Waals surface area contributed by atoms with Crippen LogP contribution in [0.5, 0.6) is 0 Å². The van der Waals surface area contributed by atoms with E-state index in [1.807, 2.05) is 13.8 Å². The van der Waals surface area contributed by atoms with Crippen LogP contribution in [0, 0.1) is 23.7 Å². The van der Waals surface area contributed by atoms with Gasteiger partial charge in [-0.1, -0.05) is 19.1 Å². The average molecular weight is 236 g/mol. The number of carbonyl (C=O) groups is 1. The summed E-state index contributed by atoms with van der Waals surface area (Å²) in [7, 11) is 0. The highest BCUT2D eigenvalue weighted by atomic mass is 16.3. The van der Waals surface area contributed by atoms with Gasteiger partial charge in [0.25, 0.3) is 0 Å². The Kier molecular flexibility index (Phi) is 3.19. The van der Waals surface area contributed by atoms with Gasteiger partial charge in [-0.05, 0) is 50.9 Å². The summed E-state index contributed by atoms with van der Waals surface area (Å²) in [6.45, 7) is 10.1. The topological polar surface area (TPSA) is 37.3 Å². The van der Waals surface area contributed by atoms with Crippen LogP contribution in [0.4, 0.5) is 0 Å². The highest BCUT2D eigenvalue weighted by molar-refractivity contribution is 5.83. The normalized spacial score (nSPS) is 46.5. The Morgan fingerprint density at radius 2 is 2.18 bits per heavy atom. The molecule has 2 rings (SSSR count). The van der Waals surface area contributed by atoms with Gasteiger partial charge in [0.2, 0.25) is 0 Å². The van der Waals surface area contributed by atoms with Gasteiger partial charge in [0, 0.05) is 12.3 Å². The van der Waals surface area contributed by atoms with E-state index in [1.54, 1.807) is 0 Å². The fourth-order valence-electron chi connectivity index (χ4n) is 3.74. The van der Waals surface area contributed by atoms with E-state index in [9.17, 15) is 9.90 Å². The van der Waals surface area contributed by atoms with Gasteiger partial charge in [0.05, 0.1) is 5.60 Å². The Balaban J connectivity index is 2.28. The van der Waals surface area contributed by atoms with Gasteiger partial charge in [0.15, 0.2) is 0 Å². The fraction of sp³-hybridized carbons (Fsp3) is 0.800.